The molecule has 2 heterocycles. The summed E-state index contributed by atoms with van der Waals surface area (Å²) in [7, 11) is -2.80. The third-order valence-electron chi connectivity index (χ3n) is 12.0. The van der Waals surface area contributed by atoms with E-state index in [4.69, 9.17) is 0 Å². The van der Waals surface area contributed by atoms with E-state index in [1.807, 2.05) is 0 Å². The Morgan fingerprint density at radius 2 is 0.885 bits per heavy atom. The molecule has 1 spiro atoms. The lowest BCUT2D eigenvalue weighted by molar-refractivity contribution is 0.691. The molecule has 0 saturated heterocycles. The molecule has 1 nitrogen and oxygen atoms in total. The Kier molecular flexibility index (Phi) is 6.32. The summed E-state index contributed by atoms with van der Waals surface area (Å²) in [5.41, 5.74) is 11.7. The maximum absolute atomic E-state index is 2.80. The van der Waals surface area contributed by atoms with Crippen LogP contribution in [0.2, 0.25) is 0 Å². The molecule has 1 aromatic heterocycles. The van der Waals surface area contributed by atoms with Crippen LogP contribution in [0.1, 0.15) is 33.4 Å². The molecule has 52 heavy (non-hydrogen) atoms. The molecule has 0 radical (unpaired) electrons. The summed E-state index contributed by atoms with van der Waals surface area (Å²) >= 11 is 0. The number of hydrogen-bond acceptors (Lipinski definition) is 0. The lowest BCUT2D eigenvalue weighted by atomic mass is 9.58. The first-order valence-corrected chi connectivity index (χ1v) is 20.3. The highest BCUT2D eigenvalue weighted by Crippen LogP contribution is 2.57. The Morgan fingerprint density at radius 3 is 1.50 bits per heavy atom. The average Bonchev–Trinajstić information content (AvgIpc) is 3.56. The fourth-order valence-corrected chi connectivity index (χ4v) is 14.8. The molecule has 0 saturated carbocycles. The largest absolute Gasteiger partial charge is 0.309 e. The van der Waals surface area contributed by atoms with Crippen molar-refractivity contribution in [3.8, 4) is 5.69 Å². The van der Waals surface area contributed by atoms with E-state index in [2.05, 4.69) is 205 Å². The van der Waals surface area contributed by atoms with Crippen LogP contribution < -0.4 is 20.7 Å². The summed E-state index contributed by atoms with van der Waals surface area (Å²) in [5.74, 6) is 0. The van der Waals surface area contributed by atoms with Crippen molar-refractivity contribution in [2.75, 3.05) is 0 Å². The van der Waals surface area contributed by atoms with E-state index in [1.54, 1.807) is 0 Å². The highest BCUT2D eigenvalue weighted by atomic mass is 28.3. The van der Waals surface area contributed by atoms with Crippen LogP contribution >= 0.6 is 0 Å². The summed E-state index contributed by atoms with van der Waals surface area (Å²) in [6, 6.07) is 75.9. The van der Waals surface area contributed by atoms with Crippen molar-refractivity contribution >= 4 is 50.6 Å². The molecule has 0 unspecified atom stereocenters. The van der Waals surface area contributed by atoms with Crippen LogP contribution in [-0.4, -0.2) is 12.6 Å². The number of para-hydroxylation sites is 2. The van der Waals surface area contributed by atoms with Gasteiger partial charge in [-0.3, -0.25) is 0 Å². The zero-order valence-electron chi connectivity index (χ0n) is 28.7. The molecule has 2 aliphatic rings. The van der Waals surface area contributed by atoms with Gasteiger partial charge in [-0.1, -0.05) is 188 Å². The molecular weight excluding hydrogens is 643 g/mol. The number of fused-ring (bicyclic) bond motifs is 11. The van der Waals surface area contributed by atoms with Crippen molar-refractivity contribution in [1.29, 1.82) is 0 Å². The minimum Gasteiger partial charge on any atom is -0.309 e. The maximum atomic E-state index is 2.60. The Bertz CT molecular complexity index is 2670. The number of rotatable bonds is 4. The molecule has 1 aliphatic heterocycles. The molecule has 0 N–H and O–H groups in total. The van der Waals surface area contributed by atoms with Crippen LogP contribution in [0.15, 0.2) is 200 Å². The summed E-state index contributed by atoms with van der Waals surface area (Å²) in [5, 5.41) is 8.13. The van der Waals surface area contributed by atoms with E-state index in [9.17, 15) is 0 Å². The smallest absolute Gasteiger partial charge is 0.179 e. The maximum Gasteiger partial charge on any atom is 0.179 e. The third-order valence-corrected chi connectivity index (χ3v) is 16.8. The van der Waals surface area contributed by atoms with Crippen LogP contribution in [-0.2, 0) is 11.8 Å². The van der Waals surface area contributed by atoms with Crippen LogP contribution in [0.5, 0.6) is 0 Å². The summed E-state index contributed by atoms with van der Waals surface area (Å²) in [6.07, 6.45) is 0.937. The quantitative estimate of drug-likeness (QED) is 0.130. The van der Waals surface area contributed by atoms with Gasteiger partial charge >= 0.3 is 0 Å². The van der Waals surface area contributed by atoms with E-state index >= 15 is 0 Å². The fraction of sp³-hybridized carbons (Fsp3) is 0.0400. The summed E-state index contributed by atoms with van der Waals surface area (Å²) in [4.78, 5) is 0. The van der Waals surface area contributed by atoms with Gasteiger partial charge in [-0.05, 0) is 72.7 Å². The lowest BCUT2D eigenvalue weighted by Crippen LogP contribution is -2.74. The lowest BCUT2D eigenvalue weighted by Gasteiger charge is -2.46. The van der Waals surface area contributed by atoms with E-state index in [1.165, 1.54) is 81.6 Å². The van der Waals surface area contributed by atoms with Gasteiger partial charge in [0.05, 0.1) is 22.1 Å². The molecule has 8 aromatic carbocycles. The molecule has 0 bridgehead atoms. The van der Waals surface area contributed by atoms with Gasteiger partial charge in [-0.25, -0.2) is 0 Å². The Balaban J connectivity index is 1.35. The minimum atomic E-state index is -2.80. The van der Waals surface area contributed by atoms with Crippen molar-refractivity contribution in [2.45, 2.75) is 11.8 Å². The molecule has 9 aromatic rings. The molecule has 1 aliphatic carbocycles. The highest BCUT2D eigenvalue weighted by Gasteiger charge is 2.50. The van der Waals surface area contributed by atoms with Gasteiger partial charge in [0.2, 0.25) is 0 Å². The normalized spacial score (nSPS) is 13.8. The van der Waals surface area contributed by atoms with Gasteiger partial charge in [0, 0.05) is 10.8 Å². The zero-order chi connectivity index (χ0) is 34.3. The summed E-state index contributed by atoms with van der Waals surface area (Å²) in [6.45, 7) is 0. The van der Waals surface area contributed by atoms with Crippen molar-refractivity contribution in [2.24, 2.45) is 0 Å². The van der Waals surface area contributed by atoms with Gasteiger partial charge < -0.3 is 4.57 Å². The van der Waals surface area contributed by atoms with E-state index in [-0.39, 0.29) is 0 Å². The molecule has 0 fully saturated rings. The molecule has 244 valence electrons. The minimum absolute atomic E-state index is 0.473. The standard InChI is InChI=1S/C50H35NSi/c1-4-19-37(20-5-1)52(38-21-6-2-7-22-38,39-23-8-3-9-24-39)40-31-32-45-48(34-40)51-47-30-15-12-25-41(47)42-26-16-29-46(49(42)51)50(45)43-27-13-10-17-35(43)33-36-18-11-14-28-44(36)50/h1-32,34H,33H2. The first kappa shape index (κ1) is 29.5. The topological polar surface area (TPSA) is 4.93 Å². The zero-order valence-corrected chi connectivity index (χ0v) is 29.7. The van der Waals surface area contributed by atoms with Crippen LogP contribution in [0.3, 0.4) is 0 Å². The predicted molar refractivity (Wildman–Crippen MR) is 219 cm³/mol. The van der Waals surface area contributed by atoms with Crippen molar-refractivity contribution in [3.63, 3.8) is 0 Å². The van der Waals surface area contributed by atoms with Crippen molar-refractivity contribution in [3.05, 3.63) is 234 Å². The van der Waals surface area contributed by atoms with E-state index < -0.39 is 13.5 Å². The van der Waals surface area contributed by atoms with E-state index in [0.29, 0.717) is 0 Å². The summed E-state index contributed by atoms with van der Waals surface area (Å²) < 4.78 is 2.60. The second-order valence-electron chi connectivity index (χ2n) is 14.4. The van der Waals surface area contributed by atoms with Gasteiger partial charge in [-0.2, -0.15) is 0 Å². The van der Waals surface area contributed by atoms with Gasteiger partial charge in [0.15, 0.2) is 8.07 Å². The Labute approximate surface area is 305 Å². The number of nitrogens with zero attached hydrogens (tertiary/aromatic N) is 1. The number of benzene rings is 8. The van der Waals surface area contributed by atoms with Crippen LogP contribution in [0, 0.1) is 0 Å². The van der Waals surface area contributed by atoms with Crippen molar-refractivity contribution in [1.82, 2.24) is 4.57 Å². The van der Waals surface area contributed by atoms with Gasteiger partial charge in [0.1, 0.15) is 0 Å². The first-order chi connectivity index (χ1) is 25.8. The van der Waals surface area contributed by atoms with Crippen molar-refractivity contribution < 1.29 is 0 Å². The number of aromatic nitrogens is 1. The number of hydrogen-bond donors (Lipinski definition) is 0. The second kappa shape index (κ2) is 11.1. The Hall–Kier alpha value is -6.22. The van der Waals surface area contributed by atoms with Gasteiger partial charge in [0.25, 0.3) is 0 Å². The van der Waals surface area contributed by atoms with E-state index in [0.717, 1.165) is 6.42 Å². The second-order valence-corrected chi connectivity index (χ2v) is 18.2. The van der Waals surface area contributed by atoms with Crippen LogP contribution in [0.25, 0.3) is 27.5 Å². The molecule has 2 heteroatoms. The third kappa shape index (κ3) is 3.77. The average molecular weight is 678 g/mol. The molecule has 0 amide bonds. The van der Waals surface area contributed by atoms with Gasteiger partial charge in [-0.15, -0.1) is 0 Å². The highest BCUT2D eigenvalue weighted by molar-refractivity contribution is 7.19. The molecule has 0 atom stereocenters. The predicted octanol–water partition coefficient (Wildman–Crippen LogP) is 8.76. The fourth-order valence-electron chi connectivity index (χ4n) is 10.1. The molecular formula is C50H35NSi. The molecule has 11 rings (SSSR count). The Morgan fingerprint density at radius 1 is 0.385 bits per heavy atom. The van der Waals surface area contributed by atoms with Crippen LogP contribution in [0.4, 0.5) is 0 Å². The monoisotopic (exact) mass is 677 g/mol. The first-order valence-electron chi connectivity index (χ1n) is 18.3. The SMILES string of the molecule is c1ccc([Si](c2ccccc2)(c2ccccc2)c2ccc3c(c2)-n2c4ccccc4c4cccc(c42)C32c3ccccc3Cc3ccccc32)cc1.